The number of carbonyl (C=O) groups excluding carboxylic acids is 1. The van der Waals surface area contributed by atoms with E-state index in [-0.39, 0.29) is 11.8 Å². The van der Waals surface area contributed by atoms with E-state index in [2.05, 4.69) is 15.2 Å². The van der Waals surface area contributed by atoms with Gasteiger partial charge in [0.25, 0.3) is 5.91 Å². The zero-order valence-electron chi connectivity index (χ0n) is 15.2. The molecule has 0 saturated carbocycles. The fraction of sp³-hybridized carbons (Fsp3) is 0.667. The molecule has 0 bridgehead atoms. The SMILES string of the molecule is COCCc1noc([C@@H]2CCCN(C(=O)c3cnn4c3CCCC4)C2)n1. The van der Waals surface area contributed by atoms with Gasteiger partial charge in [-0.2, -0.15) is 10.1 Å². The van der Waals surface area contributed by atoms with Gasteiger partial charge in [-0.3, -0.25) is 9.48 Å². The molecule has 0 spiro atoms. The average molecular weight is 359 g/mol. The van der Waals surface area contributed by atoms with Crippen LogP contribution in [0.15, 0.2) is 10.7 Å². The van der Waals surface area contributed by atoms with Gasteiger partial charge in [-0.1, -0.05) is 5.16 Å². The van der Waals surface area contributed by atoms with Crippen LogP contribution in [0.4, 0.5) is 0 Å². The molecule has 1 saturated heterocycles. The summed E-state index contributed by atoms with van der Waals surface area (Å²) in [5, 5.41) is 8.42. The smallest absolute Gasteiger partial charge is 0.257 e. The number of hydrogen-bond donors (Lipinski definition) is 0. The van der Waals surface area contributed by atoms with Crippen LogP contribution >= 0.6 is 0 Å². The number of methoxy groups -OCH3 is 1. The number of likely N-dealkylation sites (tertiary alicyclic amines) is 1. The van der Waals surface area contributed by atoms with E-state index in [0.29, 0.717) is 31.3 Å². The number of amides is 1. The van der Waals surface area contributed by atoms with Crippen LogP contribution in [0.25, 0.3) is 0 Å². The Hall–Kier alpha value is -2.22. The highest BCUT2D eigenvalue weighted by molar-refractivity contribution is 5.95. The van der Waals surface area contributed by atoms with Gasteiger partial charge >= 0.3 is 0 Å². The van der Waals surface area contributed by atoms with Crippen molar-refractivity contribution in [2.75, 3.05) is 26.8 Å². The van der Waals surface area contributed by atoms with E-state index < -0.39 is 0 Å². The highest BCUT2D eigenvalue weighted by Gasteiger charge is 2.31. The van der Waals surface area contributed by atoms with Crippen LogP contribution in [-0.2, 0) is 24.1 Å². The van der Waals surface area contributed by atoms with Crippen molar-refractivity contribution in [3.05, 3.63) is 29.2 Å². The fourth-order valence-corrected chi connectivity index (χ4v) is 3.86. The minimum Gasteiger partial charge on any atom is -0.384 e. The number of aryl methyl sites for hydroxylation is 1. The lowest BCUT2D eigenvalue weighted by molar-refractivity contribution is 0.0694. The molecule has 0 radical (unpaired) electrons. The normalized spacial score (nSPS) is 20.2. The molecule has 2 aliphatic heterocycles. The predicted molar refractivity (Wildman–Crippen MR) is 92.9 cm³/mol. The molecule has 2 aromatic rings. The van der Waals surface area contributed by atoms with Crippen molar-refractivity contribution in [3.63, 3.8) is 0 Å². The van der Waals surface area contributed by atoms with E-state index in [0.717, 1.165) is 56.5 Å². The Morgan fingerprint density at radius 2 is 2.27 bits per heavy atom. The number of fused-ring (bicyclic) bond motifs is 1. The van der Waals surface area contributed by atoms with Crippen molar-refractivity contribution in [2.45, 2.75) is 51.0 Å². The molecule has 1 atom stereocenters. The van der Waals surface area contributed by atoms with E-state index in [1.54, 1.807) is 13.3 Å². The molecule has 0 aromatic carbocycles. The maximum absolute atomic E-state index is 13.0. The van der Waals surface area contributed by atoms with Crippen LogP contribution in [0.2, 0.25) is 0 Å². The molecule has 4 heterocycles. The highest BCUT2D eigenvalue weighted by Crippen LogP contribution is 2.28. The molecule has 26 heavy (non-hydrogen) atoms. The summed E-state index contributed by atoms with van der Waals surface area (Å²) >= 11 is 0. The molecule has 0 unspecified atom stereocenters. The lowest BCUT2D eigenvalue weighted by Crippen LogP contribution is -2.39. The van der Waals surface area contributed by atoms with Crippen LogP contribution in [0.1, 0.15) is 59.4 Å². The first kappa shape index (κ1) is 17.2. The number of nitrogens with zero attached hydrogens (tertiary/aromatic N) is 5. The van der Waals surface area contributed by atoms with Crippen LogP contribution in [0.3, 0.4) is 0 Å². The summed E-state index contributed by atoms with van der Waals surface area (Å²) in [6.45, 7) is 2.87. The van der Waals surface area contributed by atoms with Crippen molar-refractivity contribution in [1.82, 2.24) is 24.8 Å². The number of rotatable bonds is 5. The summed E-state index contributed by atoms with van der Waals surface area (Å²) in [5.74, 6) is 1.47. The van der Waals surface area contributed by atoms with E-state index in [1.165, 1.54) is 0 Å². The second-order valence-electron chi connectivity index (χ2n) is 7.07. The van der Waals surface area contributed by atoms with Crippen molar-refractivity contribution in [1.29, 1.82) is 0 Å². The summed E-state index contributed by atoms with van der Waals surface area (Å²) in [7, 11) is 1.65. The second kappa shape index (κ2) is 7.57. The second-order valence-corrected chi connectivity index (χ2v) is 7.07. The zero-order valence-corrected chi connectivity index (χ0v) is 15.2. The first-order valence-electron chi connectivity index (χ1n) is 9.41. The number of piperidine rings is 1. The van der Waals surface area contributed by atoms with Gasteiger partial charge in [-0.15, -0.1) is 0 Å². The molecule has 140 valence electrons. The van der Waals surface area contributed by atoms with Crippen LogP contribution in [0, 0.1) is 0 Å². The summed E-state index contributed by atoms with van der Waals surface area (Å²) in [6, 6.07) is 0. The zero-order chi connectivity index (χ0) is 17.9. The topological polar surface area (TPSA) is 86.3 Å². The predicted octanol–water partition coefficient (Wildman–Crippen LogP) is 1.81. The molecule has 2 aromatic heterocycles. The number of hydrogen-bond acceptors (Lipinski definition) is 6. The maximum atomic E-state index is 13.0. The van der Waals surface area contributed by atoms with Crippen LogP contribution < -0.4 is 0 Å². The summed E-state index contributed by atoms with van der Waals surface area (Å²) in [5.41, 5.74) is 1.85. The lowest BCUT2D eigenvalue weighted by Gasteiger charge is -2.31. The van der Waals surface area contributed by atoms with Crippen molar-refractivity contribution in [2.24, 2.45) is 0 Å². The van der Waals surface area contributed by atoms with Gasteiger partial charge in [0.2, 0.25) is 5.89 Å². The minimum absolute atomic E-state index is 0.0805. The van der Waals surface area contributed by atoms with Crippen molar-refractivity contribution >= 4 is 5.91 Å². The molecule has 0 aliphatic carbocycles. The third-order valence-corrected chi connectivity index (χ3v) is 5.28. The molecule has 1 fully saturated rings. The number of ether oxygens (including phenoxy) is 1. The quantitative estimate of drug-likeness (QED) is 0.809. The molecule has 2 aliphatic rings. The van der Waals surface area contributed by atoms with Gasteiger partial charge in [0.1, 0.15) is 0 Å². The largest absolute Gasteiger partial charge is 0.384 e. The first-order valence-corrected chi connectivity index (χ1v) is 9.41. The Morgan fingerprint density at radius 1 is 1.35 bits per heavy atom. The van der Waals surface area contributed by atoms with Gasteiger partial charge in [0.15, 0.2) is 5.82 Å². The van der Waals surface area contributed by atoms with Crippen molar-refractivity contribution < 1.29 is 14.1 Å². The standard InChI is InChI=1S/C18H25N5O3/c1-25-10-7-16-20-17(26-21-16)13-5-4-8-22(12-13)18(24)14-11-19-23-9-3-2-6-15(14)23/h11,13H,2-10,12H2,1H3/t13-/m1/s1. The Labute approximate surface area is 152 Å². The monoisotopic (exact) mass is 359 g/mol. The van der Waals surface area contributed by atoms with E-state index in [1.807, 2.05) is 9.58 Å². The number of aromatic nitrogens is 4. The molecule has 0 N–H and O–H groups in total. The van der Waals surface area contributed by atoms with Gasteiger partial charge in [-0.05, 0) is 32.1 Å². The van der Waals surface area contributed by atoms with E-state index >= 15 is 0 Å². The summed E-state index contributed by atoms with van der Waals surface area (Å²) < 4.78 is 12.5. The maximum Gasteiger partial charge on any atom is 0.257 e. The third-order valence-electron chi connectivity index (χ3n) is 5.28. The highest BCUT2D eigenvalue weighted by atomic mass is 16.5. The van der Waals surface area contributed by atoms with Gasteiger partial charge in [0, 0.05) is 33.2 Å². The number of carbonyl (C=O) groups is 1. The Bertz CT molecular complexity index is 769. The van der Waals surface area contributed by atoms with Crippen molar-refractivity contribution in [3.8, 4) is 0 Å². The Morgan fingerprint density at radius 3 is 3.15 bits per heavy atom. The lowest BCUT2D eigenvalue weighted by atomic mass is 9.97. The van der Waals surface area contributed by atoms with Crippen LogP contribution in [0.5, 0.6) is 0 Å². The van der Waals surface area contributed by atoms with E-state index in [4.69, 9.17) is 9.26 Å². The van der Waals surface area contributed by atoms with Gasteiger partial charge in [-0.25, -0.2) is 0 Å². The molecule has 1 amide bonds. The van der Waals surface area contributed by atoms with Gasteiger partial charge < -0.3 is 14.2 Å². The molecular weight excluding hydrogens is 334 g/mol. The van der Waals surface area contributed by atoms with E-state index in [9.17, 15) is 4.79 Å². The minimum atomic E-state index is 0.0805. The summed E-state index contributed by atoms with van der Waals surface area (Å²) in [6.07, 6.45) is 7.47. The molecule has 8 nitrogen and oxygen atoms in total. The molecular formula is C18H25N5O3. The Balaban J connectivity index is 1.45. The van der Waals surface area contributed by atoms with Gasteiger partial charge in [0.05, 0.1) is 30.0 Å². The fourth-order valence-electron chi connectivity index (χ4n) is 3.86. The summed E-state index contributed by atoms with van der Waals surface area (Å²) in [4.78, 5) is 19.4. The van der Waals surface area contributed by atoms with Crippen LogP contribution in [-0.4, -0.2) is 57.5 Å². The molecule has 8 heteroatoms. The Kier molecular flexibility index (Phi) is 5.01. The first-order chi connectivity index (χ1) is 12.8. The average Bonchev–Trinajstić information content (AvgIpc) is 3.33. The third kappa shape index (κ3) is 3.38. The molecule has 4 rings (SSSR count).